The van der Waals surface area contributed by atoms with Crippen molar-refractivity contribution in [3.63, 3.8) is 0 Å². The summed E-state index contributed by atoms with van der Waals surface area (Å²) in [4.78, 5) is 8.73. The Bertz CT molecular complexity index is 461. The molecule has 1 aromatic rings. The van der Waals surface area contributed by atoms with E-state index in [2.05, 4.69) is 5.50 Å². The first kappa shape index (κ1) is 13.6. The Morgan fingerprint density at radius 1 is 1.24 bits per heavy atom. The molecule has 10 heteroatoms. The molecule has 0 fully saturated rings. The fraction of sp³-hybridized carbons (Fsp3) is 0.143. The van der Waals surface area contributed by atoms with Crippen LogP contribution in [0.3, 0.4) is 0 Å². The van der Waals surface area contributed by atoms with Gasteiger partial charge in [-0.15, -0.1) is 0 Å². The minimum Gasteiger partial charge on any atom is -0.506 e. The molecule has 0 aliphatic heterocycles. The Morgan fingerprint density at radius 3 is 1.94 bits per heavy atom. The summed E-state index contributed by atoms with van der Waals surface area (Å²) in [6, 6.07) is 0.579. The largest absolute Gasteiger partial charge is 0.506 e. The van der Waals surface area contributed by atoms with Gasteiger partial charge in [0, 0.05) is 0 Å². The number of hydrogen-bond acceptors (Lipinski definition) is 3. The zero-order valence-electron chi connectivity index (χ0n) is 8.06. The van der Waals surface area contributed by atoms with Crippen LogP contribution in [0, 0.1) is 0 Å². The number of hydrogen-bond donors (Lipinski definition) is 5. The maximum atomic E-state index is 12.2. The lowest BCUT2D eigenvalue weighted by Crippen LogP contribution is -2.07. The van der Waals surface area contributed by atoms with Crippen molar-refractivity contribution in [3.05, 3.63) is 17.7 Å². The van der Waals surface area contributed by atoms with E-state index in [0.717, 1.165) is 0 Å². The van der Waals surface area contributed by atoms with Gasteiger partial charge in [-0.3, -0.25) is 5.09 Å². The second-order valence-corrected chi connectivity index (χ2v) is 4.59. The van der Waals surface area contributed by atoms with Crippen molar-refractivity contribution in [2.75, 3.05) is 5.09 Å². The smallest absolute Gasteiger partial charge is 0.416 e. The number of nitrogens with one attached hydrogen (secondary N) is 1. The Balaban J connectivity index is 3.25. The second-order valence-electron chi connectivity index (χ2n) is 3.12. The van der Waals surface area contributed by atoms with Crippen molar-refractivity contribution in [2.24, 2.45) is 5.50 Å². The lowest BCUT2D eigenvalue weighted by molar-refractivity contribution is -0.137. The van der Waals surface area contributed by atoms with Gasteiger partial charge in [-0.25, -0.2) is 10.1 Å². The molecule has 1 aromatic carbocycles. The first-order valence-electron chi connectivity index (χ1n) is 4.03. The third kappa shape index (κ3) is 3.52. The second kappa shape index (κ2) is 4.10. The number of aromatic hydroxyl groups is 2. The molecule has 6 N–H and O–H groups in total. The summed E-state index contributed by atoms with van der Waals surface area (Å²) in [6.07, 6.45) is -4.76. The van der Waals surface area contributed by atoms with Gasteiger partial charge in [-0.05, 0) is 12.1 Å². The summed E-state index contributed by atoms with van der Waals surface area (Å²) >= 11 is 0. The van der Waals surface area contributed by atoms with Crippen LogP contribution in [-0.2, 0) is 10.7 Å². The zero-order valence-corrected chi connectivity index (χ0v) is 8.96. The van der Waals surface area contributed by atoms with Crippen LogP contribution in [0.1, 0.15) is 5.56 Å². The lowest BCUT2D eigenvalue weighted by Gasteiger charge is -2.14. The highest BCUT2D eigenvalue weighted by Gasteiger charge is 2.33. The van der Waals surface area contributed by atoms with Crippen molar-refractivity contribution in [3.8, 4) is 11.5 Å². The van der Waals surface area contributed by atoms with Gasteiger partial charge in [0.05, 0.1) is 5.56 Å². The number of benzene rings is 1. The van der Waals surface area contributed by atoms with Crippen LogP contribution in [0.4, 0.5) is 18.9 Å². The molecule has 0 aromatic heterocycles. The molecule has 0 aliphatic carbocycles. The maximum Gasteiger partial charge on any atom is 0.416 e. The third-order valence-electron chi connectivity index (χ3n) is 1.70. The van der Waals surface area contributed by atoms with Crippen molar-refractivity contribution < 1.29 is 32.8 Å². The van der Waals surface area contributed by atoms with Crippen LogP contribution >= 0.6 is 7.67 Å². The van der Waals surface area contributed by atoms with Gasteiger partial charge < -0.3 is 15.1 Å². The highest BCUT2D eigenvalue weighted by atomic mass is 31.2. The normalized spacial score (nSPS) is 15.4. The van der Waals surface area contributed by atoms with Crippen molar-refractivity contribution in [2.45, 2.75) is 6.18 Å². The number of phenols is 2. The van der Waals surface area contributed by atoms with Crippen LogP contribution in [0.15, 0.2) is 12.1 Å². The van der Waals surface area contributed by atoms with E-state index in [1.807, 2.05) is 0 Å². The van der Waals surface area contributed by atoms with E-state index in [4.69, 9.17) is 4.89 Å². The molecular weight excluding hydrogens is 264 g/mol. The number of anilines is 1. The van der Waals surface area contributed by atoms with Crippen LogP contribution < -0.4 is 10.6 Å². The Labute approximate surface area is 93.1 Å². The number of phenolic OH excluding ortho intramolecular Hbond substituents is 2. The van der Waals surface area contributed by atoms with Gasteiger partial charge in [0.25, 0.3) is 0 Å². The summed E-state index contributed by atoms with van der Waals surface area (Å²) < 4.78 is 47.5. The first-order chi connectivity index (χ1) is 7.50. The van der Waals surface area contributed by atoms with Crippen LogP contribution in [-0.4, -0.2) is 15.1 Å². The molecule has 17 heavy (non-hydrogen) atoms. The standard InChI is InChI=1S/C7H8F3N2O4P/c8-7(9,10)3-1-4(13)6(5(14)2-3)12-17(11,15)16/h1-2,13-14H,(H4,11,12,15,16). The molecular formula is C7H8F3N2O4P. The van der Waals surface area contributed by atoms with Crippen LogP contribution in [0.5, 0.6) is 11.5 Å². The number of nitrogens with two attached hydrogens (primary N) is 1. The van der Waals surface area contributed by atoms with Crippen LogP contribution in [0.2, 0.25) is 0 Å². The van der Waals surface area contributed by atoms with Gasteiger partial charge >= 0.3 is 13.8 Å². The average molecular weight is 272 g/mol. The van der Waals surface area contributed by atoms with E-state index in [9.17, 15) is 27.9 Å². The van der Waals surface area contributed by atoms with Crippen molar-refractivity contribution >= 4 is 13.4 Å². The molecule has 0 bridgehead atoms. The van der Waals surface area contributed by atoms with E-state index in [1.54, 1.807) is 5.09 Å². The Morgan fingerprint density at radius 2 is 1.65 bits per heavy atom. The van der Waals surface area contributed by atoms with Gasteiger partial charge in [0.1, 0.15) is 17.2 Å². The quantitative estimate of drug-likeness (QED) is 0.412. The maximum absolute atomic E-state index is 12.2. The summed E-state index contributed by atoms with van der Waals surface area (Å²) in [5.74, 6) is -2.09. The molecule has 0 aliphatic rings. The molecule has 1 rings (SSSR count). The Kier molecular flexibility index (Phi) is 3.28. The van der Waals surface area contributed by atoms with E-state index >= 15 is 0 Å². The van der Waals surface area contributed by atoms with Gasteiger partial charge in [0.2, 0.25) is 0 Å². The highest BCUT2D eigenvalue weighted by Crippen LogP contribution is 2.44. The van der Waals surface area contributed by atoms with Crippen molar-refractivity contribution in [1.29, 1.82) is 0 Å². The van der Waals surface area contributed by atoms with Gasteiger partial charge in [-0.2, -0.15) is 13.2 Å². The topological polar surface area (TPSA) is 116 Å². The predicted molar refractivity (Wildman–Crippen MR) is 52.4 cm³/mol. The molecule has 96 valence electrons. The molecule has 1 unspecified atom stereocenters. The molecule has 1 atom stereocenters. The monoisotopic (exact) mass is 272 g/mol. The minimum absolute atomic E-state index is 0.289. The molecule has 6 nitrogen and oxygen atoms in total. The van der Waals surface area contributed by atoms with E-state index in [-0.39, 0.29) is 12.1 Å². The fourth-order valence-corrected chi connectivity index (χ4v) is 1.60. The van der Waals surface area contributed by atoms with Crippen LogP contribution in [0.25, 0.3) is 0 Å². The summed E-state index contributed by atoms with van der Waals surface area (Å²) in [5, 5.41) is 20.0. The molecule has 0 saturated carbocycles. The third-order valence-corrected chi connectivity index (χ3v) is 2.24. The lowest BCUT2D eigenvalue weighted by atomic mass is 10.1. The number of alkyl halides is 3. The molecule has 0 heterocycles. The first-order valence-corrected chi connectivity index (χ1v) is 5.76. The van der Waals surface area contributed by atoms with E-state index in [1.165, 1.54) is 0 Å². The minimum atomic E-state index is -4.76. The zero-order chi connectivity index (χ0) is 13.4. The molecule has 0 saturated heterocycles. The highest BCUT2D eigenvalue weighted by molar-refractivity contribution is 7.57. The molecule has 0 radical (unpaired) electrons. The summed E-state index contributed by atoms with van der Waals surface area (Å²) in [5.41, 5.74) is 2.64. The van der Waals surface area contributed by atoms with Gasteiger partial charge in [-0.1, -0.05) is 0 Å². The predicted octanol–water partition coefficient (Wildman–Crippen LogP) is 1.59. The summed E-state index contributed by atoms with van der Waals surface area (Å²) in [6.45, 7) is 0. The SMILES string of the molecule is NP(=O)(O)Nc1c(O)cc(C(F)(F)F)cc1O. The van der Waals surface area contributed by atoms with Gasteiger partial charge in [0.15, 0.2) is 0 Å². The summed E-state index contributed by atoms with van der Waals surface area (Å²) in [7, 11) is -4.35. The fourth-order valence-electron chi connectivity index (χ4n) is 1.05. The molecule has 0 amide bonds. The molecule has 0 spiro atoms. The Hall–Kier alpha value is -1.44. The van der Waals surface area contributed by atoms with E-state index in [0.29, 0.717) is 0 Å². The average Bonchev–Trinajstić information content (AvgIpc) is 2.07. The van der Waals surface area contributed by atoms with Crippen molar-refractivity contribution in [1.82, 2.24) is 0 Å². The number of halogens is 3. The van der Waals surface area contributed by atoms with E-state index < -0.39 is 36.6 Å². The number of rotatable bonds is 2.